The number of ether oxygens (including phenoxy) is 2. The van der Waals surface area contributed by atoms with Gasteiger partial charge in [-0.05, 0) is 31.5 Å². The first kappa shape index (κ1) is 19.3. The molecule has 0 unspecified atom stereocenters. The Kier molecular flexibility index (Phi) is 7.85. The Bertz CT molecular complexity index is 553. The van der Waals surface area contributed by atoms with Crippen LogP contribution in [0.15, 0.2) is 18.2 Å². The smallest absolute Gasteiger partial charge is 0.340 e. The van der Waals surface area contributed by atoms with Crippen molar-refractivity contribution in [3.63, 3.8) is 0 Å². The maximum Gasteiger partial charge on any atom is 0.340 e. The molecule has 0 atom stereocenters. The Morgan fingerprint density at radius 3 is 1.96 bits per heavy atom. The van der Waals surface area contributed by atoms with E-state index in [1.165, 1.54) is 0 Å². The molecule has 0 bridgehead atoms. The molecular formula is C15H17Cl2NO5. The summed E-state index contributed by atoms with van der Waals surface area (Å²) in [6.07, 6.45) is -0.187. The van der Waals surface area contributed by atoms with Crippen LogP contribution in [0.25, 0.3) is 0 Å². The number of nitrogens with one attached hydrogen (secondary N) is 1. The van der Waals surface area contributed by atoms with Crippen molar-refractivity contribution in [2.75, 3.05) is 13.2 Å². The number of hydrogen-bond donors (Lipinski definition) is 1. The molecule has 8 heteroatoms. The molecular weight excluding hydrogens is 345 g/mol. The standard InChI is InChI=1S/C15H17Cl2NO5/c1-3-22-14(20)13(15(21)23-4-2)18-12(19)8-9-10(16)6-5-7-11(9)17/h5-7,13H,3-4,8H2,1-2H3,(H,18,19). The third-order valence-corrected chi connectivity index (χ3v) is 3.46. The van der Waals surface area contributed by atoms with E-state index in [0.717, 1.165) is 0 Å². The minimum Gasteiger partial charge on any atom is -0.464 e. The summed E-state index contributed by atoms with van der Waals surface area (Å²) >= 11 is 12.0. The van der Waals surface area contributed by atoms with Gasteiger partial charge < -0.3 is 14.8 Å². The molecule has 0 aliphatic heterocycles. The van der Waals surface area contributed by atoms with Gasteiger partial charge in [-0.2, -0.15) is 0 Å². The van der Waals surface area contributed by atoms with Crippen molar-refractivity contribution in [2.24, 2.45) is 0 Å². The lowest BCUT2D eigenvalue weighted by Gasteiger charge is -2.16. The van der Waals surface area contributed by atoms with Gasteiger partial charge >= 0.3 is 11.9 Å². The third-order valence-electron chi connectivity index (χ3n) is 2.75. The maximum atomic E-state index is 12.1. The molecule has 0 heterocycles. The summed E-state index contributed by atoms with van der Waals surface area (Å²) in [4.78, 5) is 35.7. The van der Waals surface area contributed by atoms with Gasteiger partial charge in [-0.15, -0.1) is 0 Å². The van der Waals surface area contributed by atoms with Crippen molar-refractivity contribution in [3.8, 4) is 0 Å². The van der Waals surface area contributed by atoms with Crippen LogP contribution in [0.4, 0.5) is 0 Å². The minimum atomic E-state index is -1.52. The highest BCUT2D eigenvalue weighted by atomic mass is 35.5. The minimum absolute atomic E-state index is 0.0704. The van der Waals surface area contributed by atoms with E-state index < -0.39 is 23.9 Å². The normalized spacial score (nSPS) is 10.3. The molecule has 1 amide bonds. The zero-order valence-corrected chi connectivity index (χ0v) is 14.2. The van der Waals surface area contributed by atoms with E-state index in [2.05, 4.69) is 5.32 Å². The Balaban J connectivity index is 2.84. The number of halogens is 2. The summed E-state index contributed by atoms with van der Waals surface area (Å²) in [5, 5.41) is 2.92. The Labute approximate surface area is 144 Å². The molecule has 1 rings (SSSR count). The molecule has 0 saturated heterocycles. The van der Waals surface area contributed by atoms with Crippen molar-refractivity contribution in [1.82, 2.24) is 5.32 Å². The third kappa shape index (κ3) is 5.73. The lowest BCUT2D eigenvalue weighted by molar-refractivity contribution is -0.159. The SMILES string of the molecule is CCOC(=O)C(NC(=O)Cc1c(Cl)cccc1Cl)C(=O)OCC. The van der Waals surface area contributed by atoms with Crippen LogP contribution in [-0.4, -0.2) is 37.1 Å². The second-order valence-electron chi connectivity index (χ2n) is 4.38. The van der Waals surface area contributed by atoms with Gasteiger partial charge in [0.25, 0.3) is 0 Å². The van der Waals surface area contributed by atoms with E-state index >= 15 is 0 Å². The molecule has 1 aromatic carbocycles. The van der Waals surface area contributed by atoms with Gasteiger partial charge in [-0.1, -0.05) is 29.3 Å². The molecule has 1 aromatic rings. The van der Waals surface area contributed by atoms with Gasteiger partial charge in [0.05, 0.1) is 19.6 Å². The fourth-order valence-electron chi connectivity index (χ4n) is 1.74. The highest BCUT2D eigenvalue weighted by Crippen LogP contribution is 2.24. The highest BCUT2D eigenvalue weighted by Gasteiger charge is 2.31. The molecule has 0 aromatic heterocycles. The van der Waals surface area contributed by atoms with Gasteiger partial charge in [-0.3, -0.25) is 4.79 Å². The van der Waals surface area contributed by atoms with Crippen LogP contribution in [-0.2, 0) is 30.3 Å². The van der Waals surface area contributed by atoms with Crippen molar-refractivity contribution in [3.05, 3.63) is 33.8 Å². The fraction of sp³-hybridized carbons (Fsp3) is 0.400. The van der Waals surface area contributed by atoms with Crippen LogP contribution in [0.5, 0.6) is 0 Å². The Morgan fingerprint density at radius 1 is 1.04 bits per heavy atom. The number of esters is 2. The lowest BCUT2D eigenvalue weighted by Crippen LogP contribution is -2.48. The molecule has 0 radical (unpaired) electrons. The molecule has 23 heavy (non-hydrogen) atoms. The monoisotopic (exact) mass is 361 g/mol. The lowest BCUT2D eigenvalue weighted by atomic mass is 10.1. The molecule has 6 nitrogen and oxygen atoms in total. The molecule has 126 valence electrons. The summed E-state index contributed by atoms with van der Waals surface area (Å²) in [6, 6.07) is 3.30. The molecule has 0 spiro atoms. The van der Waals surface area contributed by atoms with Gasteiger partial charge in [-0.25, -0.2) is 9.59 Å². The number of benzene rings is 1. The van der Waals surface area contributed by atoms with Gasteiger partial charge in [0, 0.05) is 10.0 Å². The first-order valence-electron chi connectivity index (χ1n) is 6.96. The van der Waals surface area contributed by atoms with Gasteiger partial charge in [0.15, 0.2) is 0 Å². The quantitative estimate of drug-likeness (QED) is 0.594. The van der Waals surface area contributed by atoms with E-state index in [-0.39, 0.29) is 19.6 Å². The predicted molar refractivity (Wildman–Crippen MR) is 85.4 cm³/mol. The zero-order valence-electron chi connectivity index (χ0n) is 12.7. The van der Waals surface area contributed by atoms with E-state index in [1.807, 2.05) is 0 Å². The largest absolute Gasteiger partial charge is 0.464 e. The van der Waals surface area contributed by atoms with E-state index in [9.17, 15) is 14.4 Å². The number of amides is 1. The van der Waals surface area contributed by atoms with Crippen LogP contribution in [0, 0.1) is 0 Å². The second-order valence-corrected chi connectivity index (χ2v) is 5.20. The van der Waals surface area contributed by atoms with Crippen LogP contribution >= 0.6 is 23.2 Å². The summed E-state index contributed by atoms with van der Waals surface area (Å²) in [7, 11) is 0. The van der Waals surface area contributed by atoms with Gasteiger partial charge in [0.1, 0.15) is 0 Å². The average Bonchev–Trinajstić information content (AvgIpc) is 2.49. The van der Waals surface area contributed by atoms with Crippen LogP contribution in [0.3, 0.4) is 0 Å². The fourth-order valence-corrected chi connectivity index (χ4v) is 2.27. The van der Waals surface area contributed by atoms with E-state index in [4.69, 9.17) is 32.7 Å². The second kappa shape index (κ2) is 9.37. The zero-order chi connectivity index (χ0) is 17.4. The number of carbonyl (C=O) groups is 3. The number of carbonyl (C=O) groups excluding carboxylic acids is 3. The molecule has 0 fully saturated rings. The summed E-state index contributed by atoms with van der Waals surface area (Å²) < 4.78 is 9.53. The molecule has 0 aliphatic carbocycles. The average molecular weight is 362 g/mol. The van der Waals surface area contributed by atoms with Crippen molar-refractivity contribution in [2.45, 2.75) is 26.3 Å². The maximum absolute atomic E-state index is 12.1. The van der Waals surface area contributed by atoms with Gasteiger partial charge in [0.2, 0.25) is 11.9 Å². The summed E-state index contributed by atoms with van der Waals surface area (Å²) in [5.74, 6) is -2.37. The van der Waals surface area contributed by atoms with Crippen LogP contribution in [0.1, 0.15) is 19.4 Å². The van der Waals surface area contributed by atoms with Crippen LogP contribution in [0.2, 0.25) is 10.0 Å². The van der Waals surface area contributed by atoms with Crippen molar-refractivity contribution < 1.29 is 23.9 Å². The topological polar surface area (TPSA) is 81.7 Å². The molecule has 0 saturated carbocycles. The summed E-state index contributed by atoms with van der Waals surface area (Å²) in [6.45, 7) is 3.32. The highest BCUT2D eigenvalue weighted by molar-refractivity contribution is 6.36. The number of rotatable bonds is 7. The Morgan fingerprint density at radius 2 is 1.52 bits per heavy atom. The van der Waals surface area contributed by atoms with E-state index in [0.29, 0.717) is 15.6 Å². The van der Waals surface area contributed by atoms with Crippen molar-refractivity contribution in [1.29, 1.82) is 0 Å². The molecule has 1 N–H and O–H groups in total. The van der Waals surface area contributed by atoms with Crippen LogP contribution < -0.4 is 5.32 Å². The first-order chi connectivity index (χ1) is 10.9. The predicted octanol–water partition coefficient (Wildman–Crippen LogP) is 2.15. The number of hydrogen-bond acceptors (Lipinski definition) is 5. The molecule has 0 aliphatic rings. The first-order valence-corrected chi connectivity index (χ1v) is 7.71. The summed E-state index contributed by atoms with van der Waals surface area (Å²) in [5.41, 5.74) is 0.403. The van der Waals surface area contributed by atoms with Crippen molar-refractivity contribution >= 4 is 41.0 Å². The Hall–Kier alpha value is -1.79. The van der Waals surface area contributed by atoms with E-state index in [1.54, 1.807) is 32.0 Å².